The van der Waals surface area contributed by atoms with Crippen LogP contribution in [-0.2, 0) is 4.79 Å². The number of hydrogen-bond acceptors (Lipinski definition) is 2. The van der Waals surface area contributed by atoms with Crippen molar-refractivity contribution < 1.29 is 9.18 Å². The number of amides is 1. The SMILES string of the molecule is O=C(CCN1CCC(c2ccccc2)CC1)Nc1ccc(Cl)cc1F. The molecule has 5 heteroatoms. The highest BCUT2D eigenvalue weighted by molar-refractivity contribution is 6.30. The Hall–Kier alpha value is -1.91. The van der Waals surface area contributed by atoms with Gasteiger partial charge < -0.3 is 10.2 Å². The lowest BCUT2D eigenvalue weighted by atomic mass is 9.89. The average Bonchev–Trinajstić information content (AvgIpc) is 2.63. The van der Waals surface area contributed by atoms with E-state index in [-0.39, 0.29) is 11.6 Å². The number of likely N-dealkylation sites (tertiary alicyclic amines) is 1. The van der Waals surface area contributed by atoms with Gasteiger partial charge >= 0.3 is 0 Å². The van der Waals surface area contributed by atoms with Gasteiger partial charge in [-0.1, -0.05) is 41.9 Å². The van der Waals surface area contributed by atoms with E-state index in [1.165, 1.54) is 17.7 Å². The molecule has 132 valence electrons. The first-order valence-electron chi connectivity index (χ1n) is 8.64. The van der Waals surface area contributed by atoms with E-state index in [0.29, 0.717) is 23.9 Å². The van der Waals surface area contributed by atoms with E-state index in [4.69, 9.17) is 11.6 Å². The number of rotatable bonds is 5. The minimum absolute atomic E-state index is 0.175. The van der Waals surface area contributed by atoms with Crippen molar-refractivity contribution in [3.8, 4) is 0 Å². The van der Waals surface area contributed by atoms with E-state index in [1.807, 2.05) is 6.07 Å². The molecule has 3 rings (SSSR count). The largest absolute Gasteiger partial charge is 0.324 e. The Morgan fingerprint density at radius 2 is 1.88 bits per heavy atom. The standard InChI is InChI=1S/C20H22ClFN2O/c21-17-6-7-19(18(22)14-17)23-20(25)10-13-24-11-8-16(9-12-24)15-4-2-1-3-5-15/h1-7,14,16H,8-13H2,(H,23,25). The van der Waals surface area contributed by atoms with Crippen LogP contribution in [0.1, 0.15) is 30.7 Å². The van der Waals surface area contributed by atoms with Gasteiger partial charge in [0.15, 0.2) is 0 Å². The van der Waals surface area contributed by atoms with Gasteiger partial charge in [0.25, 0.3) is 0 Å². The van der Waals surface area contributed by atoms with E-state index < -0.39 is 5.82 Å². The number of nitrogens with zero attached hydrogens (tertiary/aromatic N) is 1. The summed E-state index contributed by atoms with van der Waals surface area (Å²) in [5.41, 5.74) is 1.58. The van der Waals surface area contributed by atoms with E-state index in [1.54, 1.807) is 6.07 Å². The first-order valence-corrected chi connectivity index (χ1v) is 9.02. The van der Waals surface area contributed by atoms with E-state index in [9.17, 15) is 9.18 Å². The Morgan fingerprint density at radius 3 is 2.56 bits per heavy atom. The van der Waals surface area contributed by atoms with Crippen molar-refractivity contribution in [1.29, 1.82) is 0 Å². The second-order valence-corrected chi connectivity index (χ2v) is 6.89. The molecule has 1 N–H and O–H groups in total. The second kappa shape index (κ2) is 8.45. The van der Waals surface area contributed by atoms with Gasteiger partial charge in [-0.3, -0.25) is 4.79 Å². The van der Waals surface area contributed by atoms with Crippen LogP contribution in [0.5, 0.6) is 0 Å². The molecular weight excluding hydrogens is 339 g/mol. The normalized spacial score (nSPS) is 15.9. The minimum atomic E-state index is -0.510. The number of benzene rings is 2. The summed E-state index contributed by atoms with van der Waals surface area (Å²) in [7, 11) is 0. The summed E-state index contributed by atoms with van der Waals surface area (Å²) in [5.74, 6) is -0.0784. The summed E-state index contributed by atoms with van der Waals surface area (Å²) in [6.07, 6.45) is 2.58. The zero-order valence-corrected chi connectivity index (χ0v) is 14.8. The predicted molar refractivity (Wildman–Crippen MR) is 99.5 cm³/mol. The lowest BCUT2D eigenvalue weighted by Crippen LogP contribution is -2.35. The first kappa shape index (κ1) is 17.9. The van der Waals surface area contributed by atoms with E-state index >= 15 is 0 Å². The van der Waals surface area contributed by atoms with Gasteiger partial charge in [-0.15, -0.1) is 0 Å². The van der Waals surface area contributed by atoms with Crippen molar-refractivity contribution in [2.24, 2.45) is 0 Å². The quantitative estimate of drug-likeness (QED) is 0.839. The number of nitrogens with one attached hydrogen (secondary N) is 1. The van der Waals surface area contributed by atoms with Gasteiger partial charge in [0.2, 0.25) is 5.91 Å². The number of hydrogen-bond donors (Lipinski definition) is 1. The molecule has 0 spiro atoms. The molecule has 0 bridgehead atoms. The number of halogens is 2. The maximum Gasteiger partial charge on any atom is 0.225 e. The Morgan fingerprint density at radius 1 is 1.16 bits per heavy atom. The minimum Gasteiger partial charge on any atom is -0.324 e. The molecule has 2 aromatic carbocycles. The molecule has 1 aliphatic rings. The Balaban J connectivity index is 1.43. The van der Waals surface area contributed by atoms with Crippen molar-refractivity contribution in [2.45, 2.75) is 25.2 Å². The number of anilines is 1. The summed E-state index contributed by atoms with van der Waals surface area (Å²) < 4.78 is 13.7. The highest BCUT2D eigenvalue weighted by atomic mass is 35.5. The van der Waals surface area contributed by atoms with Crippen LogP contribution in [0, 0.1) is 5.82 Å². The Labute approximate surface area is 152 Å². The van der Waals surface area contributed by atoms with E-state index in [0.717, 1.165) is 25.9 Å². The summed E-state index contributed by atoms with van der Waals surface area (Å²) in [4.78, 5) is 14.3. The van der Waals surface area contributed by atoms with Gasteiger partial charge in [0.1, 0.15) is 5.82 Å². The van der Waals surface area contributed by atoms with Crippen molar-refractivity contribution in [3.63, 3.8) is 0 Å². The van der Waals surface area contributed by atoms with Crippen LogP contribution in [0.3, 0.4) is 0 Å². The lowest BCUT2D eigenvalue weighted by Gasteiger charge is -2.32. The van der Waals surface area contributed by atoms with Crippen molar-refractivity contribution in [2.75, 3.05) is 25.0 Å². The maximum atomic E-state index is 13.7. The molecule has 25 heavy (non-hydrogen) atoms. The molecule has 0 aliphatic carbocycles. The van der Waals surface area contributed by atoms with E-state index in [2.05, 4.69) is 34.5 Å². The fourth-order valence-corrected chi connectivity index (χ4v) is 3.44. The third-order valence-electron chi connectivity index (χ3n) is 4.72. The molecule has 1 amide bonds. The van der Waals surface area contributed by atoms with Crippen molar-refractivity contribution >= 4 is 23.2 Å². The van der Waals surface area contributed by atoms with Crippen LogP contribution in [0.2, 0.25) is 5.02 Å². The van der Waals surface area contributed by atoms with Crippen LogP contribution in [0.4, 0.5) is 10.1 Å². The fraction of sp³-hybridized carbons (Fsp3) is 0.350. The van der Waals surface area contributed by atoms with Crippen LogP contribution in [0.25, 0.3) is 0 Å². The predicted octanol–water partition coefficient (Wildman–Crippen LogP) is 4.69. The third-order valence-corrected chi connectivity index (χ3v) is 4.95. The number of carbonyl (C=O) groups excluding carboxylic acids is 1. The van der Waals surface area contributed by atoms with Crippen LogP contribution < -0.4 is 5.32 Å². The molecule has 0 radical (unpaired) electrons. The average molecular weight is 361 g/mol. The van der Waals surface area contributed by atoms with Gasteiger partial charge in [0, 0.05) is 18.0 Å². The highest BCUT2D eigenvalue weighted by Crippen LogP contribution is 2.27. The molecule has 1 heterocycles. The Bertz CT molecular complexity index is 715. The highest BCUT2D eigenvalue weighted by Gasteiger charge is 2.20. The molecule has 0 atom stereocenters. The molecule has 1 fully saturated rings. The molecule has 0 unspecified atom stereocenters. The molecule has 2 aromatic rings. The molecule has 3 nitrogen and oxygen atoms in total. The Kier molecular flexibility index (Phi) is 6.05. The zero-order valence-electron chi connectivity index (χ0n) is 14.1. The topological polar surface area (TPSA) is 32.3 Å². The summed E-state index contributed by atoms with van der Waals surface area (Å²) in [6.45, 7) is 2.67. The zero-order chi connectivity index (χ0) is 17.6. The van der Waals surface area contributed by atoms with Crippen LogP contribution >= 0.6 is 11.6 Å². The molecule has 0 saturated carbocycles. The number of carbonyl (C=O) groups is 1. The molecule has 1 aliphatic heterocycles. The van der Waals surface area contributed by atoms with Gasteiger partial charge in [0.05, 0.1) is 5.69 Å². The van der Waals surface area contributed by atoms with Crippen LogP contribution in [0.15, 0.2) is 48.5 Å². The first-order chi connectivity index (χ1) is 12.1. The van der Waals surface area contributed by atoms with Crippen LogP contribution in [-0.4, -0.2) is 30.4 Å². The summed E-state index contributed by atoms with van der Waals surface area (Å²) >= 11 is 5.71. The molecule has 0 aromatic heterocycles. The maximum absolute atomic E-state index is 13.7. The smallest absolute Gasteiger partial charge is 0.225 e. The number of piperidine rings is 1. The lowest BCUT2D eigenvalue weighted by molar-refractivity contribution is -0.116. The molecular formula is C20H22ClFN2O. The summed E-state index contributed by atoms with van der Waals surface area (Å²) in [5, 5.41) is 2.93. The third kappa shape index (κ3) is 5.03. The second-order valence-electron chi connectivity index (χ2n) is 6.45. The monoisotopic (exact) mass is 360 g/mol. The van der Waals surface area contributed by atoms with Gasteiger partial charge in [-0.05, 0) is 55.6 Å². The summed E-state index contributed by atoms with van der Waals surface area (Å²) in [6, 6.07) is 14.8. The fourth-order valence-electron chi connectivity index (χ4n) is 3.28. The van der Waals surface area contributed by atoms with Gasteiger partial charge in [-0.25, -0.2) is 4.39 Å². The van der Waals surface area contributed by atoms with Crippen molar-refractivity contribution in [1.82, 2.24) is 4.90 Å². The van der Waals surface area contributed by atoms with Crippen molar-refractivity contribution in [3.05, 3.63) is 64.9 Å². The van der Waals surface area contributed by atoms with Gasteiger partial charge in [-0.2, -0.15) is 0 Å². The molecule has 1 saturated heterocycles.